The maximum absolute atomic E-state index is 14.5. The van der Waals surface area contributed by atoms with Gasteiger partial charge in [0.1, 0.15) is 23.7 Å². The van der Waals surface area contributed by atoms with Crippen LogP contribution < -0.4 is 15.4 Å². The highest BCUT2D eigenvalue weighted by Crippen LogP contribution is 2.47. The van der Waals surface area contributed by atoms with Crippen molar-refractivity contribution in [2.75, 3.05) is 11.9 Å². The summed E-state index contributed by atoms with van der Waals surface area (Å²) >= 11 is 2.20. The van der Waals surface area contributed by atoms with Crippen molar-refractivity contribution in [2.45, 2.75) is 108 Å². The summed E-state index contributed by atoms with van der Waals surface area (Å²) in [7, 11) is -3.92. The second kappa shape index (κ2) is 14.2. The Morgan fingerprint density at radius 2 is 1.75 bits per heavy atom. The highest BCUT2D eigenvalue weighted by Gasteiger charge is 2.62. The second-order valence-corrected chi connectivity index (χ2v) is 18.6. The van der Waals surface area contributed by atoms with E-state index in [1.807, 2.05) is 25.1 Å². The zero-order valence-corrected chi connectivity index (χ0v) is 32.7. The van der Waals surface area contributed by atoms with Gasteiger partial charge in [-0.25, -0.2) is 13.2 Å². The van der Waals surface area contributed by atoms with Gasteiger partial charge < -0.3 is 20.3 Å². The van der Waals surface area contributed by atoms with Gasteiger partial charge in [-0.3, -0.25) is 24.0 Å². The maximum atomic E-state index is 14.5. The summed E-state index contributed by atoms with van der Waals surface area (Å²) in [6, 6.07) is 7.81. The van der Waals surface area contributed by atoms with Crippen molar-refractivity contribution >= 4 is 62.1 Å². The number of nitrogens with one attached hydrogen (secondary N) is 3. The first kappa shape index (κ1) is 39.1. The average molecular weight is 874 g/mol. The minimum Gasteiger partial charge on any atom is -0.444 e. The number of ether oxygens (including phenoxy) is 1. The molecule has 2 saturated carbocycles. The number of likely N-dealkylation sites (tertiary alicyclic amines) is 1. The summed E-state index contributed by atoms with van der Waals surface area (Å²) in [6.07, 6.45) is -4.81. The molecule has 0 unspecified atom stereocenters. The fraction of sp³-hybridized carbons (Fsp3) is 0.556. The molecule has 288 valence electrons. The number of halogens is 4. The van der Waals surface area contributed by atoms with Gasteiger partial charge in [-0.15, -0.1) is 0 Å². The van der Waals surface area contributed by atoms with Gasteiger partial charge >= 0.3 is 12.3 Å². The smallest absolute Gasteiger partial charge is 0.416 e. The summed E-state index contributed by atoms with van der Waals surface area (Å²) in [5, 5.41) is 5.05. The summed E-state index contributed by atoms with van der Waals surface area (Å²) < 4.78 is 75.1. The Morgan fingerprint density at radius 1 is 1.06 bits per heavy atom. The van der Waals surface area contributed by atoms with Crippen LogP contribution in [-0.4, -0.2) is 77.6 Å². The number of benzene rings is 2. The van der Waals surface area contributed by atoms with E-state index in [0.29, 0.717) is 32.4 Å². The lowest BCUT2D eigenvalue weighted by molar-refractivity contribution is -0.141. The summed E-state index contributed by atoms with van der Waals surface area (Å²) in [5.41, 5.74) is -1.30. The molecule has 2 heterocycles. The molecule has 3 fully saturated rings. The van der Waals surface area contributed by atoms with Gasteiger partial charge in [0, 0.05) is 22.2 Å². The van der Waals surface area contributed by atoms with Gasteiger partial charge in [-0.1, -0.05) is 52.3 Å². The number of rotatable bonds is 10. The Kier molecular flexibility index (Phi) is 10.5. The lowest BCUT2D eigenvalue weighted by Gasteiger charge is -2.36. The van der Waals surface area contributed by atoms with Gasteiger partial charge in [0.15, 0.2) is 0 Å². The molecule has 17 heteroatoms. The molecule has 53 heavy (non-hydrogen) atoms. The second-order valence-electron chi connectivity index (χ2n) is 15.4. The van der Waals surface area contributed by atoms with E-state index in [0.717, 1.165) is 26.8 Å². The van der Waals surface area contributed by atoms with Crippen LogP contribution in [0.25, 0.3) is 0 Å². The van der Waals surface area contributed by atoms with Gasteiger partial charge in [0.25, 0.3) is 5.91 Å². The number of fused-ring (bicyclic) bond motifs is 1. The molecule has 0 aromatic heterocycles. The number of hydrogen-bond acceptors (Lipinski definition) is 8. The van der Waals surface area contributed by atoms with Crippen LogP contribution in [0.4, 0.5) is 23.7 Å². The van der Waals surface area contributed by atoms with Crippen LogP contribution in [0.15, 0.2) is 42.5 Å². The van der Waals surface area contributed by atoms with Crippen LogP contribution in [0.1, 0.15) is 76.5 Å². The van der Waals surface area contributed by atoms with Gasteiger partial charge in [0.05, 0.1) is 23.9 Å². The predicted octanol–water partition coefficient (Wildman–Crippen LogP) is 5.15. The number of nitrogens with zero attached hydrogens (tertiary/aromatic N) is 2. The molecule has 4 amide bonds. The Hall–Kier alpha value is -3.61. The third-order valence-corrected chi connectivity index (χ3v) is 13.3. The SMILES string of the molecule is CC[C@@H]1C[C@]1(NC(=O)[C@@H]1C[C@@H](OC(=O)N2Cc3cccc(I)c3C2)CN1C(=O)[C@@H](Nc1cccc(C(F)(F)F)c1)C(C)(C)C)C(=O)NS(=O)(=O)C1CC1. The quantitative estimate of drug-likeness (QED) is 0.277. The van der Waals surface area contributed by atoms with Crippen molar-refractivity contribution in [3.05, 3.63) is 62.7 Å². The van der Waals surface area contributed by atoms with E-state index in [1.54, 1.807) is 20.8 Å². The molecule has 2 aromatic carbocycles. The van der Waals surface area contributed by atoms with E-state index >= 15 is 0 Å². The van der Waals surface area contributed by atoms with E-state index < -0.39 is 80.0 Å². The lowest BCUT2D eigenvalue weighted by Crippen LogP contribution is -2.58. The monoisotopic (exact) mass is 873 g/mol. The molecule has 5 atom stereocenters. The summed E-state index contributed by atoms with van der Waals surface area (Å²) in [5.74, 6) is -2.56. The van der Waals surface area contributed by atoms with Crippen molar-refractivity contribution in [1.82, 2.24) is 19.8 Å². The minimum atomic E-state index is -4.62. The molecule has 2 aromatic rings. The third kappa shape index (κ3) is 8.24. The summed E-state index contributed by atoms with van der Waals surface area (Å²) in [6.45, 7) is 7.41. The van der Waals surface area contributed by atoms with Gasteiger partial charge in [-0.05, 0) is 88.6 Å². The zero-order chi connectivity index (χ0) is 38.7. The molecule has 3 N–H and O–H groups in total. The van der Waals surface area contributed by atoms with Crippen LogP contribution >= 0.6 is 22.6 Å². The third-order valence-electron chi connectivity index (χ3n) is 10.5. The van der Waals surface area contributed by atoms with Crippen LogP contribution in [-0.2, 0) is 48.4 Å². The average Bonchev–Trinajstić information content (AvgIpc) is 3.97. The maximum Gasteiger partial charge on any atom is 0.416 e. The molecular formula is C36H43F3IN5O7S. The number of alkyl halides is 3. The Bertz CT molecular complexity index is 1920. The van der Waals surface area contributed by atoms with Crippen molar-refractivity contribution in [1.29, 1.82) is 0 Å². The molecule has 12 nitrogen and oxygen atoms in total. The van der Waals surface area contributed by atoms with Crippen molar-refractivity contribution < 1.29 is 45.5 Å². The van der Waals surface area contributed by atoms with Crippen LogP contribution in [0.2, 0.25) is 0 Å². The zero-order valence-electron chi connectivity index (χ0n) is 29.8. The topological polar surface area (TPSA) is 154 Å². The number of carbonyl (C=O) groups excluding carboxylic acids is 4. The largest absolute Gasteiger partial charge is 0.444 e. The van der Waals surface area contributed by atoms with E-state index in [2.05, 4.69) is 37.9 Å². The van der Waals surface area contributed by atoms with Crippen LogP contribution in [0, 0.1) is 14.9 Å². The molecular weight excluding hydrogens is 830 g/mol. The van der Waals surface area contributed by atoms with Crippen molar-refractivity contribution in [3.8, 4) is 0 Å². The fourth-order valence-corrected chi connectivity index (χ4v) is 9.25. The molecule has 4 aliphatic rings. The molecule has 0 spiro atoms. The Labute approximate surface area is 320 Å². The minimum absolute atomic E-state index is 0.0378. The van der Waals surface area contributed by atoms with Crippen molar-refractivity contribution in [2.24, 2.45) is 11.3 Å². The first-order chi connectivity index (χ1) is 24.7. The number of carbonyl (C=O) groups is 4. The van der Waals surface area contributed by atoms with E-state index in [4.69, 9.17) is 4.74 Å². The van der Waals surface area contributed by atoms with Gasteiger partial charge in [0.2, 0.25) is 21.8 Å². The lowest BCUT2D eigenvalue weighted by atomic mass is 9.85. The number of amides is 4. The van der Waals surface area contributed by atoms with Crippen LogP contribution in [0.3, 0.4) is 0 Å². The fourth-order valence-electron chi connectivity index (χ4n) is 7.16. The van der Waals surface area contributed by atoms with E-state index in [-0.39, 0.29) is 31.0 Å². The molecule has 6 rings (SSSR count). The first-order valence-electron chi connectivity index (χ1n) is 17.6. The number of sulfonamides is 1. The summed E-state index contributed by atoms with van der Waals surface area (Å²) in [4.78, 5) is 58.4. The highest BCUT2D eigenvalue weighted by atomic mass is 127. The molecule has 1 saturated heterocycles. The standard InChI is InChI=1S/C36H43F3IN5O7S/c1-5-21-16-35(21,32(48)43-53(50,51)25-12-13-25)42-30(46)28-15-24(52-33(49)44-17-20-8-6-11-27(40)26(20)19-44)18-45(28)31(47)29(34(2,3)4)41-23-10-7-9-22(14-23)36(37,38)39/h6-11,14,21,24-25,28-29,41H,5,12-13,15-19H2,1-4H3,(H,42,46)(H,43,48)/t21-,24-,28+,29-,35-/m1/s1. The predicted molar refractivity (Wildman–Crippen MR) is 196 cm³/mol. The molecule has 2 aliphatic heterocycles. The normalized spacial score (nSPS) is 24.6. The molecule has 2 aliphatic carbocycles. The Morgan fingerprint density at radius 3 is 2.36 bits per heavy atom. The van der Waals surface area contributed by atoms with Crippen LogP contribution in [0.5, 0.6) is 0 Å². The van der Waals surface area contributed by atoms with E-state index in [9.17, 15) is 40.8 Å². The number of hydrogen-bond donors (Lipinski definition) is 3. The van der Waals surface area contributed by atoms with Crippen molar-refractivity contribution in [3.63, 3.8) is 0 Å². The molecule has 0 radical (unpaired) electrons. The first-order valence-corrected chi connectivity index (χ1v) is 20.2. The van der Waals surface area contributed by atoms with E-state index in [1.165, 1.54) is 21.9 Å². The molecule has 0 bridgehead atoms. The highest BCUT2D eigenvalue weighted by molar-refractivity contribution is 14.1. The number of anilines is 1. The van der Waals surface area contributed by atoms with Gasteiger partial charge in [-0.2, -0.15) is 13.2 Å². The Balaban J connectivity index is 1.26.